The van der Waals surface area contributed by atoms with Gasteiger partial charge in [-0.2, -0.15) is 0 Å². The summed E-state index contributed by atoms with van der Waals surface area (Å²) in [5.41, 5.74) is 0. The van der Waals surface area contributed by atoms with E-state index in [1.807, 2.05) is 11.9 Å². The van der Waals surface area contributed by atoms with Crippen molar-refractivity contribution < 1.29 is 20.4 Å². The lowest BCUT2D eigenvalue weighted by Crippen LogP contribution is -2.45. The summed E-state index contributed by atoms with van der Waals surface area (Å²) in [5, 5.41) is 37.6. The van der Waals surface area contributed by atoms with Crippen molar-refractivity contribution in [2.75, 3.05) is 26.7 Å². The van der Waals surface area contributed by atoms with E-state index in [2.05, 4.69) is 6.92 Å². The molecule has 4 N–H and O–H groups in total. The van der Waals surface area contributed by atoms with Crippen LogP contribution in [0.2, 0.25) is 0 Å². The van der Waals surface area contributed by atoms with E-state index in [4.69, 9.17) is 5.11 Å². The molecular weight excluding hydrogens is 342 g/mol. The first-order valence-electron chi connectivity index (χ1n) is 11.4. The first-order valence-corrected chi connectivity index (χ1v) is 11.4. The number of hydrogen-bond donors (Lipinski definition) is 4. The van der Waals surface area contributed by atoms with Crippen molar-refractivity contribution >= 4 is 0 Å². The molecule has 0 aliphatic rings. The number of hydrogen-bond acceptors (Lipinski definition) is 5. The molecule has 0 unspecified atom stereocenters. The van der Waals surface area contributed by atoms with E-state index >= 15 is 0 Å². The fourth-order valence-corrected chi connectivity index (χ4v) is 3.46. The Labute approximate surface area is 167 Å². The molecule has 164 valence electrons. The van der Waals surface area contributed by atoms with Crippen molar-refractivity contribution in [3.63, 3.8) is 0 Å². The molecule has 0 bridgehead atoms. The van der Waals surface area contributed by atoms with Crippen molar-refractivity contribution in [3.05, 3.63) is 0 Å². The second kappa shape index (κ2) is 19.1. The van der Waals surface area contributed by atoms with Gasteiger partial charge >= 0.3 is 0 Å². The molecule has 0 rings (SSSR count). The van der Waals surface area contributed by atoms with Crippen LogP contribution in [0, 0.1) is 0 Å². The third-order valence-electron chi connectivity index (χ3n) is 5.37. The highest BCUT2D eigenvalue weighted by Gasteiger charge is 2.24. The number of aliphatic hydroxyl groups is 4. The van der Waals surface area contributed by atoms with Crippen molar-refractivity contribution in [1.29, 1.82) is 0 Å². The third kappa shape index (κ3) is 16.5. The zero-order valence-electron chi connectivity index (χ0n) is 18.0. The van der Waals surface area contributed by atoms with Crippen LogP contribution in [0.4, 0.5) is 0 Å². The normalized spacial score (nSPS) is 15.2. The topological polar surface area (TPSA) is 84.2 Å². The average molecular weight is 390 g/mol. The Kier molecular flexibility index (Phi) is 19.0. The summed E-state index contributed by atoms with van der Waals surface area (Å²) in [6, 6.07) is 0. The van der Waals surface area contributed by atoms with Crippen LogP contribution in [-0.2, 0) is 0 Å². The fraction of sp³-hybridized carbons (Fsp3) is 1.00. The van der Waals surface area contributed by atoms with Gasteiger partial charge in [0.2, 0.25) is 0 Å². The van der Waals surface area contributed by atoms with E-state index in [0.29, 0.717) is 6.54 Å². The molecule has 0 heterocycles. The van der Waals surface area contributed by atoms with Gasteiger partial charge in [0.15, 0.2) is 0 Å². The summed E-state index contributed by atoms with van der Waals surface area (Å²) >= 11 is 0. The Morgan fingerprint density at radius 3 is 1.44 bits per heavy atom. The predicted octanol–water partition coefficient (Wildman–Crippen LogP) is 3.47. The Morgan fingerprint density at radius 2 is 1.04 bits per heavy atom. The Morgan fingerprint density at radius 1 is 0.630 bits per heavy atom. The van der Waals surface area contributed by atoms with E-state index in [-0.39, 0.29) is 0 Å². The van der Waals surface area contributed by atoms with Crippen LogP contribution >= 0.6 is 0 Å². The zero-order chi connectivity index (χ0) is 20.3. The smallest absolute Gasteiger partial charge is 0.109 e. The van der Waals surface area contributed by atoms with E-state index in [1.165, 1.54) is 83.5 Å². The first kappa shape index (κ1) is 26.8. The summed E-state index contributed by atoms with van der Waals surface area (Å²) in [6.45, 7) is 2.90. The largest absolute Gasteiger partial charge is 0.394 e. The van der Waals surface area contributed by atoms with E-state index in [0.717, 1.165) is 13.0 Å². The Balaban J connectivity index is 3.36. The quantitative estimate of drug-likeness (QED) is 0.240. The molecule has 0 saturated heterocycles. The maximum Gasteiger partial charge on any atom is 0.109 e. The minimum absolute atomic E-state index is 0.302. The number of rotatable bonds is 20. The summed E-state index contributed by atoms with van der Waals surface area (Å²) in [6.07, 6.45) is 15.1. The summed E-state index contributed by atoms with van der Waals surface area (Å²) in [5.74, 6) is 0. The van der Waals surface area contributed by atoms with Crippen LogP contribution in [0.5, 0.6) is 0 Å². The second-order valence-corrected chi connectivity index (χ2v) is 8.17. The minimum atomic E-state index is -1.30. The molecule has 3 atom stereocenters. The molecule has 0 aromatic rings. The third-order valence-corrected chi connectivity index (χ3v) is 5.37. The highest BCUT2D eigenvalue weighted by molar-refractivity contribution is 4.76. The van der Waals surface area contributed by atoms with Gasteiger partial charge < -0.3 is 25.3 Å². The lowest BCUT2D eigenvalue weighted by atomic mass is 10.0. The van der Waals surface area contributed by atoms with Gasteiger partial charge in [0.1, 0.15) is 12.2 Å². The highest BCUT2D eigenvalue weighted by Crippen LogP contribution is 2.13. The molecule has 5 nitrogen and oxygen atoms in total. The Bertz CT molecular complexity index is 304. The van der Waals surface area contributed by atoms with Crippen LogP contribution < -0.4 is 0 Å². The molecule has 0 spiro atoms. The van der Waals surface area contributed by atoms with E-state index < -0.39 is 24.9 Å². The van der Waals surface area contributed by atoms with Gasteiger partial charge in [0, 0.05) is 6.54 Å². The van der Waals surface area contributed by atoms with Crippen molar-refractivity contribution in [3.8, 4) is 0 Å². The van der Waals surface area contributed by atoms with Gasteiger partial charge in [-0.05, 0) is 20.0 Å². The van der Waals surface area contributed by atoms with Crippen LogP contribution in [0.3, 0.4) is 0 Å². The zero-order valence-corrected chi connectivity index (χ0v) is 18.0. The molecule has 5 heteroatoms. The van der Waals surface area contributed by atoms with Gasteiger partial charge in [0.05, 0.1) is 12.7 Å². The van der Waals surface area contributed by atoms with E-state index in [1.54, 1.807) is 0 Å². The maximum atomic E-state index is 9.84. The monoisotopic (exact) mass is 389 g/mol. The molecular formula is C22H47NO4. The van der Waals surface area contributed by atoms with Gasteiger partial charge in [-0.3, -0.25) is 0 Å². The average Bonchev–Trinajstić information content (AvgIpc) is 2.66. The van der Waals surface area contributed by atoms with Crippen LogP contribution in [0.1, 0.15) is 96.8 Å². The van der Waals surface area contributed by atoms with Crippen molar-refractivity contribution in [2.24, 2.45) is 0 Å². The summed E-state index contributed by atoms with van der Waals surface area (Å²) < 4.78 is 0. The minimum Gasteiger partial charge on any atom is -0.394 e. The molecule has 0 aliphatic heterocycles. The standard InChI is InChI=1S/C22H47NO4/c1-3-4-5-6-7-8-9-10-11-12-13-14-15-16-17-23(2)18-20(25)22(27)21(26)19-24/h20-22,24-27H,3-19H2,1-2H3/t20-,21-,22-/m1/s1. The first-order chi connectivity index (χ1) is 13.0. The predicted molar refractivity (Wildman–Crippen MR) is 113 cm³/mol. The molecule has 0 radical (unpaired) electrons. The van der Waals surface area contributed by atoms with Gasteiger partial charge in [0.25, 0.3) is 0 Å². The number of unbranched alkanes of at least 4 members (excludes halogenated alkanes) is 13. The molecule has 0 aromatic heterocycles. The summed E-state index contributed by atoms with van der Waals surface area (Å²) in [7, 11) is 1.91. The molecule has 27 heavy (non-hydrogen) atoms. The lowest BCUT2D eigenvalue weighted by Gasteiger charge is -2.26. The number of aliphatic hydroxyl groups excluding tert-OH is 4. The molecule has 0 amide bonds. The second-order valence-electron chi connectivity index (χ2n) is 8.17. The number of likely N-dealkylation sites (N-methyl/N-ethyl adjacent to an activating group) is 1. The van der Waals surface area contributed by atoms with E-state index in [9.17, 15) is 15.3 Å². The summed E-state index contributed by atoms with van der Waals surface area (Å²) in [4.78, 5) is 1.97. The molecule has 0 saturated carbocycles. The Hall–Kier alpha value is -0.200. The van der Waals surface area contributed by atoms with Crippen molar-refractivity contribution in [1.82, 2.24) is 4.90 Å². The molecule has 0 aliphatic carbocycles. The van der Waals surface area contributed by atoms with Crippen LogP contribution in [0.15, 0.2) is 0 Å². The fourth-order valence-electron chi connectivity index (χ4n) is 3.46. The molecule has 0 fully saturated rings. The number of nitrogens with zero attached hydrogens (tertiary/aromatic N) is 1. The molecule has 0 aromatic carbocycles. The van der Waals surface area contributed by atoms with Gasteiger partial charge in [-0.25, -0.2) is 0 Å². The van der Waals surface area contributed by atoms with Crippen LogP contribution in [-0.4, -0.2) is 70.4 Å². The SMILES string of the molecule is CCCCCCCCCCCCCCCCN(C)C[C@@H](O)[C@@H](O)[C@H](O)CO. The van der Waals surface area contributed by atoms with Crippen LogP contribution in [0.25, 0.3) is 0 Å². The lowest BCUT2D eigenvalue weighted by molar-refractivity contribution is -0.0826. The maximum absolute atomic E-state index is 9.84. The highest BCUT2D eigenvalue weighted by atomic mass is 16.4. The van der Waals surface area contributed by atoms with Gasteiger partial charge in [-0.1, -0.05) is 90.4 Å². The van der Waals surface area contributed by atoms with Gasteiger partial charge in [-0.15, -0.1) is 0 Å². The van der Waals surface area contributed by atoms with Crippen molar-refractivity contribution in [2.45, 2.75) is 115 Å².